The van der Waals surface area contributed by atoms with E-state index in [2.05, 4.69) is 0 Å². The summed E-state index contributed by atoms with van der Waals surface area (Å²) in [7, 11) is 0. The minimum atomic E-state index is -0.250. The second-order valence-electron chi connectivity index (χ2n) is 2.32. The predicted molar refractivity (Wildman–Crippen MR) is 37.5 cm³/mol. The molecule has 1 unspecified atom stereocenters. The van der Waals surface area contributed by atoms with E-state index in [-0.39, 0.29) is 10.7 Å². The van der Waals surface area contributed by atoms with Gasteiger partial charge >= 0.3 is 5.97 Å². The third kappa shape index (κ3) is 1.06. The van der Waals surface area contributed by atoms with E-state index in [4.69, 9.17) is 4.74 Å². The highest BCUT2D eigenvalue weighted by Crippen LogP contribution is 2.32. The summed E-state index contributed by atoms with van der Waals surface area (Å²) in [5.74, 6) is -0.0602. The molecule has 1 aliphatic heterocycles. The van der Waals surface area contributed by atoms with Crippen LogP contribution in [0.4, 0.5) is 0 Å². The van der Waals surface area contributed by atoms with Crippen molar-refractivity contribution in [1.82, 2.24) is 0 Å². The quantitative estimate of drug-likeness (QED) is 0.517. The first kappa shape index (κ1) is 6.93. The highest BCUT2D eigenvalue weighted by Gasteiger charge is 2.38. The molecule has 1 fully saturated rings. The van der Waals surface area contributed by atoms with Crippen LogP contribution in [0.5, 0.6) is 0 Å². The molecule has 0 aromatic carbocycles. The molecule has 0 N–H and O–H groups in total. The lowest BCUT2D eigenvalue weighted by Gasteiger charge is -2.13. The number of rotatable bonds is 1. The van der Waals surface area contributed by atoms with E-state index in [1.54, 1.807) is 11.8 Å². The van der Waals surface area contributed by atoms with Gasteiger partial charge in [0.1, 0.15) is 4.75 Å². The van der Waals surface area contributed by atoms with E-state index in [0.29, 0.717) is 6.61 Å². The summed E-state index contributed by atoms with van der Waals surface area (Å²) < 4.78 is 4.55. The van der Waals surface area contributed by atoms with Gasteiger partial charge in [0.2, 0.25) is 0 Å². The molecule has 0 bridgehead atoms. The number of ether oxygens (including phenoxy) is 1. The fourth-order valence-electron chi connectivity index (χ4n) is 0.779. The van der Waals surface area contributed by atoms with E-state index in [0.717, 1.165) is 6.42 Å². The van der Waals surface area contributed by atoms with Gasteiger partial charge in [-0.1, -0.05) is 0 Å². The maximum absolute atomic E-state index is 10.9. The van der Waals surface area contributed by atoms with Crippen molar-refractivity contribution in [1.29, 1.82) is 0 Å². The van der Waals surface area contributed by atoms with Crippen LogP contribution in [-0.2, 0) is 9.53 Å². The fraction of sp³-hybridized carbons (Fsp3) is 0.833. The summed E-state index contributed by atoms with van der Waals surface area (Å²) in [5.41, 5.74) is 0. The van der Waals surface area contributed by atoms with Gasteiger partial charge < -0.3 is 4.74 Å². The van der Waals surface area contributed by atoms with Crippen LogP contribution in [0.3, 0.4) is 0 Å². The number of cyclic esters (lactones) is 1. The molecule has 9 heavy (non-hydrogen) atoms. The maximum Gasteiger partial charge on any atom is 0.322 e. The molecule has 2 nitrogen and oxygen atoms in total. The molecule has 1 atom stereocenters. The molecule has 1 rings (SSSR count). The molecule has 0 aromatic rings. The van der Waals surface area contributed by atoms with Crippen molar-refractivity contribution in [2.45, 2.75) is 18.1 Å². The normalized spacial score (nSPS) is 34.7. The number of thioether (sulfide) groups is 1. The van der Waals surface area contributed by atoms with Gasteiger partial charge in [0.05, 0.1) is 6.61 Å². The van der Waals surface area contributed by atoms with Gasteiger partial charge in [0, 0.05) is 6.42 Å². The minimum absolute atomic E-state index is 0.0602. The molecular weight excluding hydrogens is 136 g/mol. The summed E-state index contributed by atoms with van der Waals surface area (Å²) in [6.07, 6.45) is 2.79. The molecule has 0 radical (unpaired) electrons. The van der Waals surface area contributed by atoms with Crippen molar-refractivity contribution in [3.05, 3.63) is 0 Å². The van der Waals surface area contributed by atoms with Crippen LogP contribution in [0.2, 0.25) is 0 Å². The third-order valence-corrected chi connectivity index (χ3v) is 2.97. The summed E-state index contributed by atoms with van der Waals surface area (Å²) in [6.45, 7) is 2.52. The second-order valence-corrected chi connectivity index (χ2v) is 3.63. The lowest BCUT2D eigenvalue weighted by Crippen LogP contribution is -2.25. The molecule has 0 amide bonds. The third-order valence-electron chi connectivity index (χ3n) is 1.69. The Kier molecular flexibility index (Phi) is 1.70. The Labute approximate surface area is 59.0 Å². The number of carbonyl (C=O) groups is 1. The molecule has 52 valence electrons. The predicted octanol–water partition coefficient (Wildman–Crippen LogP) is 1.05. The van der Waals surface area contributed by atoms with Crippen molar-refractivity contribution in [3.8, 4) is 0 Å². The molecule has 1 saturated heterocycles. The van der Waals surface area contributed by atoms with Crippen LogP contribution in [0, 0.1) is 0 Å². The van der Waals surface area contributed by atoms with Gasteiger partial charge in [0.25, 0.3) is 0 Å². The maximum atomic E-state index is 10.9. The Bertz CT molecular complexity index is 135. The smallest absolute Gasteiger partial charge is 0.322 e. The first-order chi connectivity index (χ1) is 4.19. The van der Waals surface area contributed by atoms with Gasteiger partial charge in [-0.2, -0.15) is 0 Å². The Morgan fingerprint density at radius 1 is 1.78 bits per heavy atom. The van der Waals surface area contributed by atoms with E-state index >= 15 is 0 Å². The first-order valence-electron chi connectivity index (χ1n) is 2.91. The van der Waals surface area contributed by atoms with Crippen LogP contribution < -0.4 is 0 Å². The lowest BCUT2D eigenvalue weighted by atomic mass is 10.1. The summed E-state index contributed by atoms with van der Waals surface area (Å²) in [4.78, 5) is 10.9. The van der Waals surface area contributed by atoms with Gasteiger partial charge in [-0.3, -0.25) is 4.79 Å². The highest BCUT2D eigenvalue weighted by atomic mass is 32.2. The molecule has 0 spiro atoms. The van der Waals surface area contributed by atoms with Crippen molar-refractivity contribution >= 4 is 17.7 Å². The lowest BCUT2D eigenvalue weighted by molar-refractivity contribution is -0.139. The van der Waals surface area contributed by atoms with E-state index in [9.17, 15) is 4.79 Å². The molecule has 1 heterocycles. The zero-order chi connectivity index (χ0) is 6.91. The average Bonchev–Trinajstić information content (AvgIpc) is 2.15. The number of hydrogen-bond acceptors (Lipinski definition) is 3. The Morgan fingerprint density at radius 2 is 2.44 bits per heavy atom. The standard InChI is InChI=1S/C6H10O2S/c1-6(9-2)3-4-8-5(6)7/h3-4H2,1-2H3. The van der Waals surface area contributed by atoms with Crippen LogP contribution in [0.1, 0.15) is 13.3 Å². The van der Waals surface area contributed by atoms with E-state index in [1.807, 2.05) is 13.2 Å². The van der Waals surface area contributed by atoms with E-state index < -0.39 is 0 Å². The highest BCUT2D eigenvalue weighted by molar-refractivity contribution is 8.00. The van der Waals surface area contributed by atoms with Crippen molar-refractivity contribution in [2.24, 2.45) is 0 Å². The van der Waals surface area contributed by atoms with Gasteiger partial charge in [0.15, 0.2) is 0 Å². The fourth-order valence-corrected chi connectivity index (χ4v) is 1.29. The van der Waals surface area contributed by atoms with E-state index in [1.165, 1.54) is 0 Å². The van der Waals surface area contributed by atoms with Crippen LogP contribution in [0.25, 0.3) is 0 Å². The molecule has 0 aliphatic carbocycles. The summed E-state index contributed by atoms with van der Waals surface area (Å²) in [5, 5.41) is 0. The molecular formula is C6H10O2S. The first-order valence-corrected chi connectivity index (χ1v) is 4.14. The number of hydrogen-bond donors (Lipinski definition) is 0. The van der Waals surface area contributed by atoms with Crippen LogP contribution in [-0.4, -0.2) is 23.6 Å². The Morgan fingerprint density at radius 3 is 2.67 bits per heavy atom. The zero-order valence-electron chi connectivity index (χ0n) is 5.64. The number of esters is 1. The SMILES string of the molecule is CSC1(C)CCOC1=O. The summed E-state index contributed by atoms with van der Waals surface area (Å²) >= 11 is 1.57. The van der Waals surface area contributed by atoms with Crippen molar-refractivity contribution in [2.75, 3.05) is 12.9 Å². The van der Waals surface area contributed by atoms with Crippen LogP contribution >= 0.6 is 11.8 Å². The molecule has 0 saturated carbocycles. The molecule has 1 aliphatic rings. The monoisotopic (exact) mass is 146 g/mol. The second kappa shape index (κ2) is 2.21. The number of carbonyl (C=O) groups excluding carboxylic acids is 1. The van der Waals surface area contributed by atoms with Gasteiger partial charge in [-0.25, -0.2) is 0 Å². The Balaban J connectivity index is 2.67. The Hall–Kier alpha value is -0.180. The summed E-state index contributed by atoms with van der Waals surface area (Å²) in [6, 6.07) is 0. The zero-order valence-corrected chi connectivity index (χ0v) is 6.46. The largest absolute Gasteiger partial charge is 0.465 e. The van der Waals surface area contributed by atoms with Crippen LogP contribution in [0.15, 0.2) is 0 Å². The van der Waals surface area contributed by atoms with Crippen molar-refractivity contribution in [3.63, 3.8) is 0 Å². The van der Waals surface area contributed by atoms with Crippen molar-refractivity contribution < 1.29 is 9.53 Å². The van der Waals surface area contributed by atoms with Gasteiger partial charge in [-0.15, -0.1) is 11.8 Å². The minimum Gasteiger partial charge on any atom is -0.465 e. The topological polar surface area (TPSA) is 26.3 Å². The average molecular weight is 146 g/mol. The molecule has 0 aromatic heterocycles. The molecule has 3 heteroatoms. The van der Waals surface area contributed by atoms with Gasteiger partial charge in [-0.05, 0) is 13.2 Å².